The first kappa shape index (κ1) is 23.1. The second-order valence-corrected chi connectivity index (χ2v) is 11.2. The van der Waals surface area contributed by atoms with Gasteiger partial charge < -0.3 is 0 Å². The van der Waals surface area contributed by atoms with Crippen molar-refractivity contribution in [2.75, 3.05) is 0 Å². The molecular weight excluding hydrogens is 504 g/mol. The molecule has 0 radical (unpaired) electrons. The topological polar surface area (TPSA) is 15.6 Å². The van der Waals surface area contributed by atoms with Crippen molar-refractivity contribution in [3.8, 4) is 11.1 Å². The maximum Gasteiger partial charge on any atom is 0.143 e. The van der Waals surface area contributed by atoms with Crippen LogP contribution in [0.1, 0.15) is 11.1 Å². The molecule has 0 aliphatic carbocycles. The van der Waals surface area contributed by atoms with Crippen molar-refractivity contribution < 1.29 is 0 Å². The fourth-order valence-corrected chi connectivity index (χ4v) is 6.96. The van der Waals surface area contributed by atoms with Gasteiger partial charge in [0, 0.05) is 22.2 Å². The van der Waals surface area contributed by atoms with Gasteiger partial charge in [0.15, 0.2) is 0 Å². The zero-order valence-electron chi connectivity index (χ0n) is 21.7. The Morgan fingerprint density at radius 2 is 1.23 bits per heavy atom. The minimum Gasteiger partial charge on any atom is -0.271 e. The Kier molecular flexibility index (Phi) is 5.26. The van der Waals surface area contributed by atoms with Crippen molar-refractivity contribution in [2.24, 2.45) is 4.99 Å². The van der Waals surface area contributed by atoms with E-state index in [0.717, 1.165) is 27.6 Å². The van der Waals surface area contributed by atoms with Crippen LogP contribution in [0.3, 0.4) is 0 Å². The van der Waals surface area contributed by atoms with E-state index in [-0.39, 0.29) is 0 Å². The molecule has 6 aromatic carbocycles. The molecule has 0 aromatic heterocycles. The van der Waals surface area contributed by atoms with E-state index in [1.807, 2.05) is 6.07 Å². The van der Waals surface area contributed by atoms with Crippen LogP contribution in [-0.2, 0) is 0 Å². The van der Waals surface area contributed by atoms with E-state index >= 15 is 0 Å². The number of benzene rings is 6. The van der Waals surface area contributed by atoms with E-state index in [0.29, 0.717) is 0 Å². The highest BCUT2D eigenvalue weighted by Gasteiger charge is 2.23. The Balaban J connectivity index is 1.37. The third-order valence-electron chi connectivity index (χ3n) is 7.80. The molecule has 2 aliphatic heterocycles. The van der Waals surface area contributed by atoms with E-state index in [1.165, 1.54) is 49.0 Å². The number of hydrogen-bond acceptors (Lipinski definition) is 3. The summed E-state index contributed by atoms with van der Waals surface area (Å²) in [5, 5.41) is 7.49. The van der Waals surface area contributed by atoms with Gasteiger partial charge in [0.2, 0.25) is 0 Å². The zero-order valence-corrected chi connectivity index (χ0v) is 22.5. The average Bonchev–Trinajstić information content (AvgIpc) is 3.14. The molecule has 6 aromatic rings. The largest absolute Gasteiger partial charge is 0.271 e. The third-order valence-corrected chi connectivity index (χ3v) is 8.84. The molecule has 2 aliphatic rings. The third kappa shape index (κ3) is 3.63. The molecule has 40 heavy (non-hydrogen) atoms. The highest BCUT2D eigenvalue weighted by atomic mass is 32.2. The van der Waals surface area contributed by atoms with Crippen molar-refractivity contribution >= 4 is 61.4 Å². The van der Waals surface area contributed by atoms with E-state index < -0.39 is 0 Å². The highest BCUT2D eigenvalue weighted by molar-refractivity contribution is 7.97. The van der Waals surface area contributed by atoms with Crippen molar-refractivity contribution in [1.29, 1.82) is 0 Å². The van der Waals surface area contributed by atoms with Gasteiger partial charge in [-0.3, -0.25) is 4.31 Å². The van der Waals surface area contributed by atoms with Gasteiger partial charge in [0.1, 0.15) is 5.84 Å². The van der Waals surface area contributed by atoms with Crippen LogP contribution in [0.5, 0.6) is 0 Å². The molecule has 2 nitrogen and oxygen atoms in total. The minimum atomic E-state index is 0.790. The normalized spacial score (nSPS) is 14.6. The van der Waals surface area contributed by atoms with Gasteiger partial charge in [-0.25, -0.2) is 4.99 Å². The summed E-state index contributed by atoms with van der Waals surface area (Å²) >= 11 is 1.69. The maximum atomic E-state index is 4.87. The van der Waals surface area contributed by atoms with Crippen LogP contribution < -0.4 is 0 Å². The molecule has 0 saturated carbocycles. The number of hydrogen-bond donors (Lipinski definition) is 0. The molecule has 0 bridgehead atoms. The number of aliphatic imine (C=N–C) groups is 1. The monoisotopic (exact) mass is 528 g/mol. The Labute approximate surface area is 237 Å². The first-order valence-corrected chi connectivity index (χ1v) is 14.2. The first-order valence-electron chi connectivity index (χ1n) is 13.4. The van der Waals surface area contributed by atoms with Crippen molar-refractivity contribution in [2.45, 2.75) is 4.90 Å². The van der Waals surface area contributed by atoms with Crippen molar-refractivity contribution in [3.63, 3.8) is 0 Å². The smallest absolute Gasteiger partial charge is 0.143 e. The lowest BCUT2D eigenvalue weighted by molar-refractivity contribution is 0.932. The van der Waals surface area contributed by atoms with Crippen LogP contribution in [0.25, 0.3) is 54.7 Å². The Hall–Kier alpha value is -4.86. The second-order valence-electron chi connectivity index (χ2n) is 10.2. The number of fused-ring (bicyclic) bond motifs is 5. The Morgan fingerprint density at radius 3 is 1.98 bits per heavy atom. The summed E-state index contributed by atoms with van der Waals surface area (Å²) in [4.78, 5) is 6.02. The zero-order chi connectivity index (χ0) is 26.6. The lowest BCUT2D eigenvalue weighted by Crippen LogP contribution is -2.18. The molecular formula is C37H24N2S. The molecule has 0 saturated heterocycles. The van der Waals surface area contributed by atoms with E-state index in [9.17, 15) is 0 Å². The van der Waals surface area contributed by atoms with Crippen molar-refractivity contribution in [3.05, 3.63) is 151 Å². The minimum absolute atomic E-state index is 0.790. The van der Waals surface area contributed by atoms with Crippen LogP contribution in [0.15, 0.2) is 150 Å². The van der Waals surface area contributed by atoms with Gasteiger partial charge in [-0.05, 0) is 85.2 Å². The molecule has 0 spiro atoms. The summed E-state index contributed by atoms with van der Waals surface area (Å²) < 4.78 is 2.17. The molecule has 8 rings (SSSR count). The molecule has 3 heteroatoms. The van der Waals surface area contributed by atoms with Gasteiger partial charge in [-0.1, -0.05) is 110 Å². The lowest BCUT2D eigenvalue weighted by atomic mass is 9.85. The van der Waals surface area contributed by atoms with Crippen LogP contribution >= 0.6 is 11.9 Å². The molecule has 2 heterocycles. The number of amidine groups is 1. The molecule has 0 atom stereocenters. The summed E-state index contributed by atoms with van der Waals surface area (Å²) in [6, 6.07) is 41.4. The van der Waals surface area contributed by atoms with Gasteiger partial charge in [0.25, 0.3) is 0 Å². The molecule has 0 N–H and O–H groups in total. The Bertz CT molecular complexity index is 2060. The summed E-state index contributed by atoms with van der Waals surface area (Å²) in [5.74, 6) is 0.886. The van der Waals surface area contributed by atoms with Crippen LogP contribution in [-0.4, -0.2) is 10.1 Å². The van der Waals surface area contributed by atoms with Gasteiger partial charge in [-0.2, -0.15) is 0 Å². The number of rotatable bonds is 2. The summed E-state index contributed by atoms with van der Waals surface area (Å²) in [6.45, 7) is 4.24. The van der Waals surface area contributed by atoms with Gasteiger partial charge in [0.05, 0.1) is 5.70 Å². The van der Waals surface area contributed by atoms with E-state index in [2.05, 4.69) is 138 Å². The SMILES string of the molecule is C=C1N=C2C=CC(c3c4ccccc4c(-c4ccc5ccccc5c4)c4ccccc34)=CN2Sc2ccccc21. The van der Waals surface area contributed by atoms with Gasteiger partial charge in [-0.15, -0.1) is 0 Å². The molecule has 0 amide bonds. The standard InChI is InChI=1S/C37H24N2S/c1-24-29-12-8-9-17-34(29)40-39-23-28(20-21-35(39)38-24)37-32-15-6-4-13-30(32)36(31-14-5-7-16-33(31)37)27-19-18-25-10-2-3-11-26(25)22-27/h2-23H,1H2. The first-order chi connectivity index (χ1) is 19.7. The molecule has 0 unspecified atom stereocenters. The fraction of sp³-hybridized carbons (Fsp3) is 0. The van der Waals surface area contributed by atoms with Crippen LogP contribution in [0.4, 0.5) is 0 Å². The maximum absolute atomic E-state index is 4.87. The summed E-state index contributed by atoms with van der Waals surface area (Å²) in [7, 11) is 0. The van der Waals surface area contributed by atoms with Crippen molar-refractivity contribution in [1.82, 2.24) is 4.31 Å². The predicted octanol–water partition coefficient (Wildman–Crippen LogP) is 10.1. The second kappa shape index (κ2) is 9.11. The number of allylic oxidation sites excluding steroid dienone is 2. The predicted molar refractivity (Wildman–Crippen MR) is 172 cm³/mol. The average molecular weight is 529 g/mol. The quantitative estimate of drug-likeness (QED) is 0.164. The molecule has 0 fully saturated rings. The van der Waals surface area contributed by atoms with E-state index in [1.54, 1.807) is 11.9 Å². The van der Waals surface area contributed by atoms with Crippen LogP contribution in [0.2, 0.25) is 0 Å². The van der Waals surface area contributed by atoms with E-state index in [4.69, 9.17) is 4.99 Å². The lowest BCUT2D eigenvalue weighted by Gasteiger charge is -2.24. The summed E-state index contributed by atoms with van der Waals surface area (Å²) in [5.41, 5.74) is 6.78. The number of nitrogens with zero attached hydrogens (tertiary/aromatic N) is 2. The highest BCUT2D eigenvalue weighted by Crippen LogP contribution is 2.44. The van der Waals surface area contributed by atoms with Crippen LogP contribution in [0, 0.1) is 0 Å². The molecule has 188 valence electrons. The summed E-state index contributed by atoms with van der Waals surface area (Å²) in [6.07, 6.45) is 6.53. The fourth-order valence-electron chi connectivity index (χ4n) is 5.97. The Morgan fingerprint density at radius 1 is 0.600 bits per heavy atom. The van der Waals surface area contributed by atoms with Gasteiger partial charge >= 0.3 is 0 Å².